The molecule has 0 fully saturated rings. The summed E-state index contributed by atoms with van der Waals surface area (Å²) < 4.78 is 0. The number of hydrogen-bond acceptors (Lipinski definition) is 0. The van der Waals surface area contributed by atoms with Crippen molar-refractivity contribution in [3.63, 3.8) is 0 Å². The Morgan fingerprint density at radius 1 is 0.581 bits per heavy atom. The summed E-state index contributed by atoms with van der Waals surface area (Å²) in [6.07, 6.45) is 29.2. The molecule has 0 unspecified atom stereocenters. The van der Waals surface area contributed by atoms with Crippen LogP contribution in [0.25, 0.3) is 0 Å². The van der Waals surface area contributed by atoms with Crippen LogP contribution in [-0.4, -0.2) is 23.1 Å². The van der Waals surface area contributed by atoms with Crippen molar-refractivity contribution in [1.82, 2.24) is 0 Å². The fraction of sp³-hybridized carbons (Fsp3) is 0.767. The van der Waals surface area contributed by atoms with Crippen LogP contribution in [0.4, 0.5) is 0 Å². The zero-order valence-electron chi connectivity index (χ0n) is 21.6. The maximum atomic E-state index is 3.84. The second-order valence-corrected chi connectivity index (χ2v) is 9.00. The predicted molar refractivity (Wildman–Crippen MR) is 144 cm³/mol. The maximum absolute atomic E-state index is 3.84. The zero-order chi connectivity index (χ0) is 22.0. The van der Waals surface area contributed by atoms with Gasteiger partial charge in [-0.1, -0.05) is 142 Å². The molecule has 0 nitrogen and oxygen atoms in total. The van der Waals surface area contributed by atoms with Gasteiger partial charge in [-0.2, -0.15) is 42.3 Å². The van der Waals surface area contributed by atoms with Crippen LogP contribution in [0.15, 0.2) is 24.3 Å². The Morgan fingerprint density at radius 2 is 1.00 bits per heavy atom. The molecule has 1 aromatic rings. The Bertz CT molecular complexity index is 390. The Labute approximate surface area is 213 Å². The molecular weight excluding hydrogens is 385 g/mol. The van der Waals surface area contributed by atoms with E-state index in [-0.39, 0.29) is 23.1 Å². The molecule has 31 heavy (non-hydrogen) atoms. The van der Waals surface area contributed by atoms with Gasteiger partial charge in [-0.25, -0.2) is 0 Å². The van der Waals surface area contributed by atoms with Crippen LogP contribution in [0, 0.1) is 13.0 Å². The Kier molecular flexibility index (Phi) is 32.1. The van der Waals surface area contributed by atoms with Crippen LogP contribution in [0.5, 0.6) is 0 Å². The van der Waals surface area contributed by atoms with Crippen LogP contribution in [-0.2, 0) is 6.42 Å². The summed E-state index contributed by atoms with van der Waals surface area (Å²) in [6.45, 7) is 8.40. The van der Waals surface area contributed by atoms with Gasteiger partial charge in [0.25, 0.3) is 0 Å². The molecule has 1 rings (SSSR count). The molecule has 0 heterocycles. The van der Waals surface area contributed by atoms with E-state index in [0.717, 1.165) is 6.42 Å². The smallest absolute Gasteiger partial charge is 0.343 e. The third-order valence-corrected chi connectivity index (χ3v) is 5.93. The molecule has 0 aliphatic rings. The minimum absolute atomic E-state index is 0. The van der Waals surface area contributed by atoms with E-state index in [0.29, 0.717) is 0 Å². The van der Waals surface area contributed by atoms with Crippen molar-refractivity contribution >= 4 is 23.1 Å². The van der Waals surface area contributed by atoms with E-state index in [2.05, 4.69) is 39.0 Å². The molecule has 0 atom stereocenters. The SMILES string of the molecule is CCCCCCCCCCCCc1[c-]cccc1.[CH2-]CCCCCCCCCCC.[Mg+2]. The molecule has 0 radical (unpaired) electrons. The van der Waals surface area contributed by atoms with E-state index in [1.54, 1.807) is 0 Å². The minimum atomic E-state index is 0. The van der Waals surface area contributed by atoms with E-state index >= 15 is 0 Å². The molecule has 1 aromatic carbocycles. The van der Waals surface area contributed by atoms with Gasteiger partial charge < -0.3 is 6.92 Å². The summed E-state index contributed by atoms with van der Waals surface area (Å²) in [5, 5.41) is 0. The van der Waals surface area contributed by atoms with Crippen LogP contribution >= 0.6 is 0 Å². The monoisotopic (exact) mass is 438 g/mol. The first kappa shape index (κ1) is 33.2. The average molecular weight is 439 g/mol. The second-order valence-electron chi connectivity index (χ2n) is 9.00. The molecule has 1 heteroatoms. The number of hydrogen-bond donors (Lipinski definition) is 0. The van der Waals surface area contributed by atoms with Crippen LogP contribution in [0.3, 0.4) is 0 Å². The average Bonchev–Trinajstić information content (AvgIpc) is 2.78. The van der Waals surface area contributed by atoms with Crippen LogP contribution in [0.1, 0.15) is 148 Å². The summed E-state index contributed by atoms with van der Waals surface area (Å²) in [5.41, 5.74) is 1.37. The van der Waals surface area contributed by atoms with Gasteiger partial charge in [0.2, 0.25) is 0 Å². The Balaban J connectivity index is 0. The maximum Gasteiger partial charge on any atom is 2.00 e. The van der Waals surface area contributed by atoms with Crippen molar-refractivity contribution in [3.8, 4) is 0 Å². The van der Waals surface area contributed by atoms with E-state index in [1.807, 2.05) is 12.1 Å². The Hall–Kier alpha value is -0.0138. The van der Waals surface area contributed by atoms with Gasteiger partial charge in [-0.15, -0.1) is 0 Å². The van der Waals surface area contributed by atoms with Crippen LogP contribution < -0.4 is 0 Å². The standard InChI is InChI=1S/C18H29.C12H25.Mg/c1-2-3-4-5-6-7-8-9-10-12-15-18-16-13-11-14-17-18;1-3-5-7-9-11-12-10-8-6-4-2;/h11,13-14,16H,2-10,12,15H2,1H3;1,3-12H2,2H3;/q2*-1;+2. The van der Waals surface area contributed by atoms with Gasteiger partial charge >= 0.3 is 23.1 Å². The fourth-order valence-corrected chi connectivity index (χ4v) is 3.88. The molecule has 0 saturated carbocycles. The first-order valence-electron chi connectivity index (χ1n) is 13.6. The topological polar surface area (TPSA) is 0 Å². The molecule has 0 bridgehead atoms. The van der Waals surface area contributed by atoms with Crippen molar-refractivity contribution in [2.24, 2.45) is 0 Å². The largest absolute Gasteiger partial charge is 2.00 e. The summed E-state index contributed by atoms with van der Waals surface area (Å²) in [4.78, 5) is 0. The third kappa shape index (κ3) is 28.0. The van der Waals surface area contributed by atoms with Crippen molar-refractivity contribution in [2.75, 3.05) is 0 Å². The van der Waals surface area contributed by atoms with Gasteiger partial charge in [-0.3, -0.25) is 0 Å². The van der Waals surface area contributed by atoms with Gasteiger partial charge in [0.05, 0.1) is 0 Å². The van der Waals surface area contributed by atoms with E-state index < -0.39 is 0 Å². The van der Waals surface area contributed by atoms with Gasteiger partial charge in [0.15, 0.2) is 0 Å². The number of benzene rings is 1. The Morgan fingerprint density at radius 3 is 1.39 bits per heavy atom. The summed E-state index contributed by atoms with van der Waals surface area (Å²) >= 11 is 0. The van der Waals surface area contributed by atoms with E-state index in [1.165, 1.54) is 134 Å². The first-order chi connectivity index (χ1) is 14.8. The van der Waals surface area contributed by atoms with Gasteiger partial charge in [0.1, 0.15) is 0 Å². The van der Waals surface area contributed by atoms with Crippen molar-refractivity contribution in [1.29, 1.82) is 0 Å². The molecule has 0 aromatic heterocycles. The summed E-state index contributed by atoms with van der Waals surface area (Å²) in [5.74, 6) is 0. The molecule has 0 aliphatic heterocycles. The molecule has 0 amide bonds. The van der Waals surface area contributed by atoms with Crippen molar-refractivity contribution in [2.45, 2.75) is 149 Å². The summed E-state index contributed by atoms with van der Waals surface area (Å²) in [6, 6.07) is 11.7. The summed E-state index contributed by atoms with van der Waals surface area (Å²) in [7, 11) is 0. The molecule has 176 valence electrons. The first-order valence-corrected chi connectivity index (χ1v) is 13.6. The van der Waals surface area contributed by atoms with Crippen molar-refractivity contribution in [3.05, 3.63) is 42.8 Å². The predicted octanol–water partition coefficient (Wildman–Crippen LogP) is 10.3. The molecule has 0 spiro atoms. The number of rotatable bonds is 20. The van der Waals surface area contributed by atoms with E-state index in [9.17, 15) is 0 Å². The van der Waals surface area contributed by atoms with Crippen molar-refractivity contribution < 1.29 is 0 Å². The minimum Gasteiger partial charge on any atom is -0.343 e. The second kappa shape index (κ2) is 30.0. The normalized spacial score (nSPS) is 10.3. The number of aryl methyl sites for hydroxylation is 1. The molecule has 0 saturated heterocycles. The van der Waals surface area contributed by atoms with Crippen LogP contribution in [0.2, 0.25) is 0 Å². The van der Waals surface area contributed by atoms with E-state index in [4.69, 9.17) is 0 Å². The fourth-order valence-electron chi connectivity index (χ4n) is 3.88. The van der Waals surface area contributed by atoms with Gasteiger partial charge in [0, 0.05) is 0 Å². The quantitative estimate of drug-likeness (QED) is 0.108. The number of unbranched alkanes of at least 4 members (excludes halogenated alkanes) is 18. The zero-order valence-corrected chi connectivity index (χ0v) is 23.0. The molecule has 0 aliphatic carbocycles. The van der Waals surface area contributed by atoms with Gasteiger partial charge in [-0.05, 0) is 0 Å². The molecular formula is C30H54Mg. The molecule has 0 N–H and O–H groups in total. The third-order valence-electron chi connectivity index (χ3n) is 5.93.